The molecule has 1 atom stereocenters. The minimum absolute atomic E-state index is 0.310. The molecule has 0 amide bonds. The number of methoxy groups -OCH3 is 1. The van der Waals surface area contributed by atoms with Crippen molar-refractivity contribution >= 4 is 21.6 Å². The number of nitrogens with two attached hydrogens (primary N) is 1. The Kier molecular flexibility index (Phi) is 4.74. The monoisotopic (exact) mass is 343 g/mol. The molecule has 1 heterocycles. The summed E-state index contributed by atoms with van der Waals surface area (Å²) < 4.78 is 20.6. The number of hydrogen-bond acceptors (Lipinski definition) is 4. The van der Waals surface area contributed by atoms with Gasteiger partial charge >= 0.3 is 0 Å². The second-order valence-electron chi connectivity index (χ2n) is 4.27. The zero-order valence-electron chi connectivity index (χ0n) is 10.9. The quantitative estimate of drug-likeness (QED) is 0.815. The van der Waals surface area contributed by atoms with E-state index < -0.39 is 11.9 Å². The second kappa shape index (κ2) is 6.34. The number of rotatable bonds is 5. The van der Waals surface area contributed by atoms with E-state index in [1.807, 2.05) is 0 Å². The van der Waals surface area contributed by atoms with Crippen LogP contribution < -0.4 is 5.73 Å². The van der Waals surface area contributed by atoms with Gasteiger partial charge in [0.15, 0.2) is 0 Å². The molecule has 0 aliphatic heterocycles. The van der Waals surface area contributed by atoms with E-state index in [1.165, 1.54) is 18.2 Å². The Balaban J connectivity index is 2.39. The summed E-state index contributed by atoms with van der Waals surface area (Å²) in [6.45, 7) is 0.927. The summed E-state index contributed by atoms with van der Waals surface area (Å²) >= 11 is 3.33. The molecule has 20 heavy (non-hydrogen) atoms. The predicted molar refractivity (Wildman–Crippen MR) is 76.7 cm³/mol. The lowest BCUT2D eigenvalue weighted by Crippen LogP contribution is -2.14. The van der Waals surface area contributed by atoms with Crippen LogP contribution in [0, 0.1) is 5.82 Å². The van der Waals surface area contributed by atoms with Gasteiger partial charge in [-0.1, -0.05) is 0 Å². The van der Waals surface area contributed by atoms with Crippen molar-refractivity contribution in [3.8, 4) is 0 Å². The van der Waals surface area contributed by atoms with Crippen molar-refractivity contribution in [1.29, 1.82) is 0 Å². The Morgan fingerprint density at radius 1 is 1.55 bits per heavy atom. The molecule has 0 aliphatic rings. The molecule has 2 rings (SSSR count). The van der Waals surface area contributed by atoms with Gasteiger partial charge in [0.2, 0.25) is 0 Å². The lowest BCUT2D eigenvalue weighted by atomic mass is 10.0. The smallest absolute Gasteiger partial charge is 0.124 e. The van der Waals surface area contributed by atoms with Gasteiger partial charge < -0.3 is 15.6 Å². The third-order valence-electron chi connectivity index (χ3n) is 2.94. The number of aliphatic hydroxyl groups is 1. The molecule has 0 saturated heterocycles. The van der Waals surface area contributed by atoms with Crippen LogP contribution in [0.15, 0.2) is 28.9 Å². The zero-order valence-corrected chi connectivity index (χ0v) is 12.5. The second-order valence-corrected chi connectivity index (χ2v) is 5.12. The summed E-state index contributed by atoms with van der Waals surface area (Å²) in [6.07, 6.45) is 0.503. The Hall–Kier alpha value is -1.44. The highest BCUT2D eigenvalue weighted by atomic mass is 79.9. The van der Waals surface area contributed by atoms with Crippen molar-refractivity contribution in [3.05, 3.63) is 45.9 Å². The van der Waals surface area contributed by atoms with Gasteiger partial charge in [0.1, 0.15) is 11.9 Å². The van der Waals surface area contributed by atoms with Gasteiger partial charge in [0, 0.05) is 18.4 Å². The first-order valence-electron chi connectivity index (χ1n) is 5.97. The van der Waals surface area contributed by atoms with E-state index >= 15 is 0 Å². The molecule has 0 spiro atoms. The van der Waals surface area contributed by atoms with E-state index in [-0.39, 0.29) is 0 Å². The molecule has 1 unspecified atom stereocenters. The van der Waals surface area contributed by atoms with E-state index in [9.17, 15) is 9.50 Å². The maximum Gasteiger partial charge on any atom is 0.124 e. The molecule has 0 radical (unpaired) electrons. The SMILES string of the molecule is COCCn1ncc(Br)c1C(O)c1cc(F)ccc1N. The number of ether oxygens (including phenoxy) is 1. The molecule has 0 bridgehead atoms. The van der Waals surface area contributed by atoms with Crippen molar-refractivity contribution in [2.75, 3.05) is 19.5 Å². The van der Waals surface area contributed by atoms with Crippen LogP contribution >= 0.6 is 15.9 Å². The Morgan fingerprint density at radius 3 is 3.00 bits per heavy atom. The average Bonchev–Trinajstić information content (AvgIpc) is 2.79. The molecular formula is C13H15BrFN3O2. The van der Waals surface area contributed by atoms with Crippen LogP contribution in [0.3, 0.4) is 0 Å². The fourth-order valence-corrected chi connectivity index (χ4v) is 2.44. The lowest BCUT2D eigenvalue weighted by molar-refractivity contribution is 0.171. The normalized spacial score (nSPS) is 12.6. The number of nitrogens with zero attached hydrogens (tertiary/aromatic N) is 2. The summed E-state index contributed by atoms with van der Waals surface area (Å²) in [5, 5.41) is 14.6. The highest BCUT2D eigenvalue weighted by Crippen LogP contribution is 2.31. The fraction of sp³-hybridized carbons (Fsp3) is 0.308. The van der Waals surface area contributed by atoms with Crippen LogP contribution in [0.25, 0.3) is 0 Å². The van der Waals surface area contributed by atoms with Gasteiger partial charge in [-0.05, 0) is 34.1 Å². The van der Waals surface area contributed by atoms with E-state index in [1.54, 1.807) is 18.0 Å². The van der Waals surface area contributed by atoms with Crippen LogP contribution in [0.2, 0.25) is 0 Å². The van der Waals surface area contributed by atoms with Gasteiger partial charge in [-0.3, -0.25) is 4.68 Å². The minimum atomic E-state index is -1.07. The molecule has 1 aromatic heterocycles. The van der Waals surface area contributed by atoms with E-state index in [2.05, 4.69) is 21.0 Å². The van der Waals surface area contributed by atoms with E-state index in [4.69, 9.17) is 10.5 Å². The Morgan fingerprint density at radius 2 is 2.30 bits per heavy atom. The first kappa shape index (κ1) is 15.0. The average molecular weight is 344 g/mol. The molecule has 0 aliphatic carbocycles. The summed E-state index contributed by atoms with van der Waals surface area (Å²) in [5.74, 6) is -0.452. The summed E-state index contributed by atoms with van der Waals surface area (Å²) in [4.78, 5) is 0. The van der Waals surface area contributed by atoms with Gasteiger partial charge in [-0.15, -0.1) is 0 Å². The molecule has 108 valence electrons. The third-order valence-corrected chi connectivity index (χ3v) is 3.55. The van der Waals surface area contributed by atoms with Crippen LogP contribution in [0.4, 0.5) is 10.1 Å². The Labute approximate surface area is 124 Å². The van der Waals surface area contributed by atoms with Crippen molar-refractivity contribution in [3.63, 3.8) is 0 Å². The largest absolute Gasteiger partial charge is 0.398 e. The third kappa shape index (κ3) is 3.00. The summed E-state index contributed by atoms with van der Waals surface area (Å²) in [5.41, 5.74) is 6.95. The topological polar surface area (TPSA) is 73.3 Å². The number of nitrogen functional groups attached to an aromatic ring is 1. The molecule has 0 fully saturated rings. The van der Waals surface area contributed by atoms with E-state index in [0.29, 0.717) is 34.6 Å². The van der Waals surface area contributed by atoms with Crippen molar-refractivity contribution < 1.29 is 14.2 Å². The Bertz CT molecular complexity index is 603. The summed E-state index contributed by atoms with van der Waals surface area (Å²) in [7, 11) is 1.58. The highest BCUT2D eigenvalue weighted by Gasteiger charge is 2.22. The van der Waals surface area contributed by atoms with Crippen LogP contribution in [0.1, 0.15) is 17.4 Å². The van der Waals surface area contributed by atoms with E-state index in [0.717, 1.165) is 0 Å². The van der Waals surface area contributed by atoms with Gasteiger partial charge in [-0.25, -0.2) is 4.39 Å². The molecule has 3 N–H and O–H groups in total. The number of aliphatic hydroxyl groups excluding tert-OH is 1. The highest BCUT2D eigenvalue weighted by molar-refractivity contribution is 9.10. The maximum atomic E-state index is 13.3. The minimum Gasteiger partial charge on any atom is -0.398 e. The molecule has 1 aromatic carbocycles. The van der Waals surface area contributed by atoms with Crippen LogP contribution in [-0.2, 0) is 11.3 Å². The first-order valence-corrected chi connectivity index (χ1v) is 6.77. The number of halogens is 2. The van der Waals surface area contributed by atoms with Crippen LogP contribution in [0.5, 0.6) is 0 Å². The lowest BCUT2D eigenvalue weighted by Gasteiger charge is -2.16. The predicted octanol–water partition coefficient (Wildman–Crippen LogP) is 2.09. The van der Waals surface area contributed by atoms with Gasteiger partial charge in [-0.2, -0.15) is 5.10 Å². The summed E-state index contributed by atoms with van der Waals surface area (Å²) in [6, 6.07) is 3.90. The zero-order chi connectivity index (χ0) is 14.7. The molecule has 2 aromatic rings. The number of aromatic nitrogens is 2. The van der Waals surface area contributed by atoms with Gasteiger partial charge in [0.05, 0.1) is 29.5 Å². The van der Waals surface area contributed by atoms with Crippen molar-refractivity contribution in [1.82, 2.24) is 9.78 Å². The molecule has 0 saturated carbocycles. The first-order chi connectivity index (χ1) is 9.54. The number of benzene rings is 1. The van der Waals surface area contributed by atoms with Crippen LogP contribution in [-0.4, -0.2) is 28.6 Å². The maximum absolute atomic E-state index is 13.3. The molecule has 5 nitrogen and oxygen atoms in total. The standard InChI is InChI=1S/C13H15BrFN3O2/c1-20-5-4-18-12(10(14)7-17-18)13(19)9-6-8(15)2-3-11(9)16/h2-3,6-7,13,19H,4-5,16H2,1H3. The van der Waals surface area contributed by atoms with Gasteiger partial charge in [0.25, 0.3) is 0 Å². The molecule has 7 heteroatoms. The van der Waals surface area contributed by atoms with Crippen molar-refractivity contribution in [2.45, 2.75) is 12.6 Å². The number of hydrogen-bond donors (Lipinski definition) is 2. The fourth-order valence-electron chi connectivity index (χ4n) is 1.93. The van der Waals surface area contributed by atoms with Crippen molar-refractivity contribution in [2.24, 2.45) is 0 Å². The molecular weight excluding hydrogens is 329 g/mol. The number of anilines is 1.